The minimum absolute atomic E-state index is 0.150. The highest BCUT2D eigenvalue weighted by molar-refractivity contribution is 5.94. The van der Waals surface area contributed by atoms with Crippen LogP contribution in [0.3, 0.4) is 0 Å². The van der Waals surface area contributed by atoms with Gasteiger partial charge in [-0.15, -0.1) is 0 Å². The molecule has 5 nitrogen and oxygen atoms in total. The van der Waals surface area contributed by atoms with Crippen LogP contribution in [-0.4, -0.2) is 47.6 Å². The highest BCUT2D eigenvalue weighted by Crippen LogP contribution is 2.21. The third kappa shape index (κ3) is 4.20. The normalized spacial score (nSPS) is 12.8. The molecule has 1 unspecified atom stereocenters. The number of likely N-dealkylation sites (N-methyl/N-ethyl adjacent to an activating group) is 1. The van der Waals surface area contributed by atoms with Crippen LogP contribution in [0.5, 0.6) is 0 Å². The molecule has 0 radical (unpaired) electrons. The first-order valence-corrected chi connectivity index (χ1v) is 6.85. The molecule has 1 rings (SSSR count). The summed E-state index contributed by atoms with van der Waals surface area (Å²) in [6.45, 7) is 8.74. The number of aromatic carboxylic acids is 1. The van der Waals surface area contributed by atoms with Crippen LogP contribution in [0.2, 0.25) is 0 Å². The van der Waals surface area contributed by atoms with E-state index in [2.05, 4.69) is 29.0 Å². The lowest BCUT2D eigenvalue weighted by Gasteiger charge is -2.27. The molecule has 20 heavy (non-hydrogen) atoms. The molecule has 0 spiro atoms. The van der Waals surface area contributed by atoms with Crippen LogP contribution in [-0.2, 0) is 0 Å². The first kappa shape index (κ1) is 16.4. The van der Waals surface area contributed by atoms with E-state index in [4.69, 9.17) is 0 Å². The number of pyridine rings is 1. The van der Waals surface area contributed by atoms with Gasteiger partial charge in [-0.3, -0.25) is 0 Å². The van der Waals surface area contributed by atoms with E-state index in [1.807, 2.05) is 21.0 Å². The summed E-state index contributed by atoms with van der Waals surface area (Å²) in [4.78, 5) is 17.9. The number of hydrogen-bond donors (Lipinski definition) is 2. The molecule has 1 aromatic rings. The largest absolute Gasteiger partial charge is 0.478 e. The maximum atomic E-state index is 11.4. The van der Waals surface area contributed by atoms with Gasteiger partial charge in [-0.2, -0.15) is 0 Å². The maximum Gasteiger partial charge on any atom is 0.339 e. The lowest BCUT2D eigenvalue weighted by molar-refractivity contribution is 0.0696. The lowest BCUT2D eigenvalue weighted by atomic mass is 10.0. The molecule has 0 aromatic carbocycles. The zero-order valence-electron chi connectivity index (χ0n) is 13.2. The fourth-order valence-corrected chi connectivity index (χ4v) is 2.20. The van der Waals surface area contributed by atoms with Crippen LogP contribution >= 0.6 is 0 Å². The number of hydrogen-bond acceptors (Lipinski definition) is 4. The standard InChI is InChI=1S/C15H25N3O2/c1-9(2)12(8-18(5)6)17-14-13(15(19)20)10(3)7-11(4)16-14/h7,9,12H,8H2,1-6H3,(H,16,17)(H,19,20). The summed E-state index contributed by atoms with van der Waals surface area (Å²) >= 11 is 0. The Balaban J connectivity index is 3.14. The molecule has 1 aromatic heterocycles. The van der Waals surface area contributed by atoms with Crippen molar-refractivity contribution in [3.8, 4) is 0 Å². The second-order valence-electron chi connectivity index (χ2n) is 5.87. The third-order valence-corrected chi connectivity index (χ3v) is 3.25. The monoisotopic (exact) mass is 279 g/mol. The Labute approximate surface area is 121 Å². The summed E-state index contributed by atoms with van der Waals surface area (Å²) in [6.07, 6.45) is 0. The molecule has 0 bridgehead atoms. The van der Waals surface area contributed by atoms with Crippen LogP contribution in [0.15, 0.2) is 6.07 Å². The molecule has 0 aliphatic carbocycles. The predicted octanol–water partition coefficient (Wildman–Crippen LogP) is 2.39. The zero-order valence-corrected chi connectivity index (χ0v) is 13.2. The van der Waals surface area contributed by atoms with Gasteiger partial charge in [0.1, 0.15) is 11.4 Å². The van der Waals surface area contributed by atoms with E-state index in [0.717, 1.165) is 17.8 Å². The van der Waals surface area contributed by atoms with Crippen molar-refractivity contribution in [1.29, 1.82) is 0 Å². The molecule has 0 aliphatic rings. The number of nitrogens with zero attached hydrogens (tertiary/aromatic N) is 2. The van der Waals surface area contributed by atoms with E-state index in [-0.39, 0.29) is 11.6 Å². The fraction of sp³-hybridized carbons (Fsp3) is 0.600. The zero-order chi connectivity index (χ0) is 15.4. The van der Waals surface area contributed by atoms with E-state index in [1.54, 1.807) is 13.0 Å². The number of carboxylic acid groups (broad SMARTS) is 1. The number of carbonyl (C=O) groups is 1. The molecular weight excluding hydrogens is 254 g/mol. The molecule has 0 aliphatic heterocycles. The summed E-state index contributed by atoms with van der Waals surface area (Å²) < 4.78 is 0. The van der Waals surface area contributed by atoms with Gasteiger partial charge in [0, 0.05) is 18.3 Å². The first-order chi connectivity index (χ1) is 9.22. The Morgan fingerprint density at radius 2 is 2.00 bits per heavy atom. The molecule has 0 amide bonds. The van der Waals surface area contributed by atoms with Crippen LogP contribution in [0, 0.1) is 19.8 Å². The molecule has 112 valence electrons. The average molecular weight is 279 g/mol. The molecule has 0 saturated heterocycles. The van der Waals surface area contributed by atoms with Crippen LogP contribution in [0.1, 0.15) is 35.5 Å². The van der Waals surface area contributed by atoms with E-state index < -0.39 is 5.97 Å². The van der Waals surface area contributed by atoms with E-state index >= 15 is 0 Å². The SMILES string of the molecule is Cc1cc(C)c(C(=O)O)c(NC(CN(C)C)C(C)C)n1. The van der Waals surface area contributed by atoms with Crippen LogP contribution < -0.4 is 5.32 Å². The van der Waals surface area contributed by atoms with E-state index in [9.17, 15) is 9.90 Å². The Bertz CT molecular complexity index is 484. The number of anilines is 1. The second kappa shape index (κ2) is 6.70. The average Bonchev–Trinajstić information content (AvgIpc) is 2.25. The summed E-state index contributed by atoms with van der Waals surface area (Å²) in [6, 6.07) is 1.95. The summed E-state index contributed by atoms with van der Waals surface area (Å²) in [5.74, 6) is -0.0953. The quantitative estimate of drug-likeness (QED) is 0.837. The third-order valence-electron chi connectivity index (χ3n) is 3.25. The summed E-state index contributed by atoms with van der Waals surface area (Å²) in [7, 11) is 4.01. The summed E-state index contributed by atoms with van der Waals surface area (Å²) in [5.41, 5.74) is 1.82. The molecule has 0 saturated carbocycles. The predicted molar refractivity (Wildman–Crippen MR) is 81.5 cm³/mol. The number of aryl methyl sites for hydroxylation is 2. The Morgan fingerprint density at radius 1 is 1.40 bits per heavy atom. The van der Waals surface area contributed by atoms with Gasteiger partial charge in [0.15, 0.2) is 0 Å². The van der Waals surface area contributed by atoms with E-state index in [1.165, 1.54) is 0 Å². The number of rotatable bonds is 6. The van der Waals surface area contributed by atoms with Crippen molar-refractivity contribution in [3.63, 3.8) is 0 Å². The Hall–Kier alpha value is -1.62. The molecule has 5 heteroatoms. The van der Waals surface area contributed by atoms with Crippen LogP contribution in [0.4, 0.5) is 5.82 Å². The van der Waals surface area contributed by atoms with Crippen molar-refractivity contribution in [2.45, 2.75) is 33.7 Å². The van der Waals surface area contributed by atoms with Gasteiger partial charge in [-0.1, -0.05) is 13.8 Å². The number of nitrogens with one attached hydrogen (secondary N) is 1. The van der Waals surface area contributed by atoms with Gasteiger partial charge < -0.3 is 15.3 Å². The number of aromatic nitrogens is 1. The molecular formula is C15H25N3O2. The Morgan fingerprint density at radius 3 is 2.45 bits per heavy atom. The highest BCUT2D eigenvalue weighted by Gasteiger charge is 2.21. The van der Waals surface area contributed by atoms with Gasteiger partial charge in [-0.05, 0) is 45.5 Å². The van der Waals surface area contributed by atoms with Crippen molar-refractivity contribution in [1.82, 2.24) is 9.88 Å². The highest BCUT2D eigenvalue weighted by atomic mass is 16.4. The number of carboxylic acids is 1. The van der Waals surface area contributed by atoms with Crippen molar-refractivity contribution in [3.05, 3.63) is 22.9 Å². The molecule has 1 heterocycles. The van der Waals surface area contributed by atoms with Gasteiger partial charge in [0.25, 0.3) is 0 Å². The maximum absolute atomic E-state index is 11.4. The second-order valence-corrected chi connectivity index (χ2v) is 5.87. The van der Waals surface area contributed by atoms with Gasteiger partial charge in [0.05, 0.1) is 0 Å². The molecule has 0 fully saturated rings. The lowest BCUT2D eigenvalue weighted by Crippen LogP contribution is -2.37. The molecule has 1 atom stereocenters. The first-order valence-electron chi connectivity index (χ1n) is 6.85. The van der Waals surface area contributed by atoms with E-state index in [0.29, 0.717) is 11.7 Å². The van der Waals surface area contributed by atoms with Crippen molar-refractivity contribution < 1.29 is 9.90 Å². The summed E-state index contributed by atoms with van der Waals surface area (Å²) in [5, 5.41) is 12.7. The van der Waals surface area contributed by atoms with Gasteiger partial charge in [0.2, 0.25) is 0 Å². The smallest absolute Gasteiger partial charge is 0.339 e. The van der Waals surface area contributed by atoms with Crippen LogP contribution in [0.25, 0.3) is 0 Å². The Kier molecular flexibility index (Phi) is 5.51. The van der Waals surface area contributed by atoms with Gasteiger partial charge in [-0.25, -0.2) is 9.78 Å². The van der Waals surface area contributed by atoms with Crippen molar-refractivity contribution in [2.75, 3.05) is 26.0 Å². The minimum Gasteiger partial charge on any atom is -0.478 e. The van der Waals surface area contributed by atoms with Crippen molar-refractivity contribution >= 4 is 11.8 Å². The van der Waals surface area contributed by atoms with Gasteiger partial charge >= 0.3 is 5.97 Å². The topological polar surface area (TPSA) is 65.5 Å². The minimum atomic E-state index is -0.940. The molecule has 2 N–H and O–H groups in total. The fourth-order valence-electron chi connectivity index (χ4n) is 2.20. The van der Waals surface area contributed by atoms with Crippen molar-refractivity contribution in [2.24, 2.45) is 5.92 Å².